The van der Waals surface area contributed by atoms with E-state index in [1.807, 2.05) is 0 Å². The van der Waals surface area contributed by atoms with Crippen LogP contribution in [0.2, 0.25) is 0 Å². The Bertz CT molecular complexity index is 1390. The van der Waals surface area contributed by atoms with E-state index in [1.165, 1.54) is 24.1 Å². The molecule has 1 aliphatic rings. The average Bonchev–Trinajstić information content (AvgIpc) is 3.41. The Labute approximate surface area is 213 Å². The Hall–Kier alpha value is -3.27. The van der Waals surface area contributed by atoms with Crippen molar-refractivity contribution in [1.29, 1.82) is 0 Å². The highest BCUT2D eigenvalue weighted by Crippen LogP contribution is 2.45. The van der Waals surface area contributed by atoms with Crippen LogP contribution in [0.3, 0.4) is 0 Å². The molecule has 7 N–H and O–H groups in total. The van der Waals surface area contributed by atoms with Gasteiger partial charge < -0.3 is 39.5 Å². The van der Waals surface area contributed by atoms with Crippen LogP contribution in [0.25, 0.3) is 11.2 Å². The third-order valence-electron chi connectivity index (χ3n) is 4.60. The summed E-state index contributed by atoms with van der Waals surface area (Å²) in [6.45, 7) is 1.31. The molecule has 2 aromatic heterocycles. The molecule has 0 aliphatic carbocycles. The summed E-state index contributed by atoms with van der Waals surface area (Å²) in [6, 6.07) is 6.97. The molecule has 1 aliphatic heterocycles. The Morgan fingerprint density at radius 1 is 1.24 bits per heavy atom. The topological polar surface area (TPSA) is 241 Å². The maximum atomic E-state index is 14.7. The average molecular weight is 576 g/mol. The maximum Gasteiger partial charge on any atom is 0.466 e. The summed E-state index contributed by atoms with van der Waals surface area (Å²) in [5.41, 5.74) is 6.29. The van der Waals surface area contributed by atoms with E-state index in [9.17, 15) is 18.9 Å². The number of halogens is 1. The van der Waals surface area contributed by atoms with E-state index < -0.39 is 52.0 Å². The van der Waals surface area contributed by atoms with Crippen LogP contribution in [0.15, 0.2) is 54.9 Å². The van der Waals surface area contributed by atoms with Gasteiger partial charge in [-0.05, 0) is 19.1 Å². The number of carboxylic acid groups (broad SMARTS) is 1. The highest BCUT2D eigenvalue weighted by atomic mass is 31.2. The number of hydrogen-bond donors (Lipinski definition) is 6. The second-order valence-electron chi connectivity index (χ2n) is 7.57. The Kier molecular flexibility index (Phi) is 9.30. The van der Waals surface area contributed by atoms with Crippen molar-refractivity contribution in [3.05, 3.63) is 54.9 Å². The number of nitrogens with two attached hydrogens (primary N) is 1. The zero-order valence-electron chi connectivity index (χ0n) is 19.4. The Morgan fingerprint density at radius 2 is 1.89 bits per heavy atom. The first-order valence-electron chi connectivity index (χ1n) is 10.5. The van der Waals surface area contributed by atoms with E-state index in [1.54, 1.807) is 30.3 Å². The number of carbonyl (C=O) groups is 1. The van der Waals surface area contributed by atoms with Gasteiger partial charge in [0.05, 0.1) is 6.33 Å². The van der Waals surface area contributed by atoms with Gasteiger partial charge in [-0.25, -0.2) is 29.0 Å². The molecular weight excluding hydrogens is 553 g/mol. The normalized spacial score (nSPS) is 19.7. The molecule has 0 fully saturated rings. The number of nitrogen functional groups attached to an aromatic ring is 1. The number of ether oxygens (including phenoxy) is 2. The van der Waals surface area contributed by atoms with Crippen molar-refractivity contribution >= 4 is 38.3 Å². The molecule has 0 radical (unpaired) electrons. The maximum absolute atomic E-state index is 14.7. The van der Waals surface area contributed by atoms with Crippen molar-refractivity contribution in [3.63, 3.8) is 0 Å². The quantitative estimate of drug-likeness (QED) is 0.198. The molecule has 0 bridgehead atoms. The fourth-order valence-electron chi connectivity index (χ4n) is 3.03. The monoisotopic (exact) mass is 576 g/mol. The van der Waals surface area contributed by atoms with Crippen molar-refractivity contribution in [2.75, 3.05) is 12.1 Å². The lowest BCUT2D eigenvalue weighted by molar-refractivity contribution is -0.138. The number of hydrogen-bond acceptors (Lipinski definition) is 10. The van der Waals surface area contributed by atoms with Gasteiger partial charge in [-0.2, -0.15) is 0 Å². The first-order chi connectivity index (χ1) is 17.8. The minimum Gasteiger partial charge on any atom is -0.480 e. The molecule has 1 aromatic carbocycles. The minimum absolute atomic E-state index is 0.131. The van der Waals surface area contributed by atoms with E-state index in [0.717, 1.165) is 6.08 Å². The summed E-state index contributed by atoms with van der Waals surface area (Å²) in [5, 5.41) is 11.6. The summed E-state index contributed by atoms with van der Waals surface area (Å²) >= 11 is 0. The number of aromatic nitrogens is 4. The van der Waals surface area contributed by atoms with Gasteiger partial charge in [-0.1, -0.05) is 18.2 Å². The van der Waals surface area contributed by atoms with Crippen LogP contribution in [0.5, 0.6) is 5.75 Å². The van der Waals surface area contributed by atoms with Crippen molar-refractivity contribution in [2.24, 2.45) is 0 Å². The SMILES string of the molecule is CC(NP(=O)(CO[C@@H]1C=C(F)[C@H](n2cnc3c(N)ncnc32)O1)Oc1ccccc1)C(=O)O.O=P(O)(O)O. The van der Waals surface area contributed by atoms with Crippen molar-refractivity contribution in [1.82, 2.24) is 24.6 Å². The van der Waals surface area contributed by atoms with Crippen LogP contribution in [0.1, 0.15) is 13.2 Å². The first kappa shape index (κ1) is 29.3. The second-order valence-corrected chi connectivity index (χ2v) is 10.6. The molecule has 3 heterocycles. The fourth-order valence-corrected chi connectivity index (χ4v) is 4.72. The molecule has 0 spiro atoms. The molecule has 0 saturated heterocycles. The van der Waals surface area contributed by atoms with E-state index >= 15 is 0 Å². The summed E-state index contributed by atoms with van der Waals surface area (Å²) in [5.74, 6) is -1.56. The molecule has 4 atom stereocenters. The highest BCUT2D eigenvalue weighted by Gasteiger charge is 2.35. The number of nitrogens with one attached hydrogen (secondary N) is 1. The molecule has 3 aromatic rings. The van der Waals surface area contributed by atoms with Crippen molar-refractivity contribution in [2.45, 2.75) is 25.5 Å². The van der Waals surface area contributed by atoms with Crippen LogP contribution >= 0.6 is 15.3 Å². The summed E-state index contributed by atoms with van der Waals surface area (Å²) in [6.07, 6.45) is 0.494. The first-order valence-corrected chi connectivity index (χ1v) is 13.8. The van der Waals surface area contributed by atoms with Gasteiger partial charge in [0.1, 0.15) is 23.6 Å². The van der Waals surface area contributed by atoms with Gasteiger partial charge in [-0.3, -0.25) is 13.9 Å². The van der Waals surface area contributed by atoms with Crippen LogP contribution in [-0.4, -0.2) is 64.0 Å². The number of carboxylic acids is 1. The lowest BCUT2D eigenvalue weighted by atomic mass is 10.3. The van der Waals surface area contributed by atoms with Gasteiger partial charge in [0.15, 0.2) is 36.2 Å². The summed E-state index contributed by atoms with van der Waals surface area (Å²) in [4.78, 5) is 44.8. The van der Waals surface area contributed by atoms with E-state index in [0.29, 0.717) is 0 Å². The van der Waals surface area contributed by atoms with E-state index in [2.05, 4.69) is 20.0 Å². The number of anilines is 1. The number of para-hydroxylation sites is 1. The third-order valence-corrected chi connectivity index (χ3v) is 6.37. The predicted molar refractivity (Wildman–Crippen MR) is 128 cm³/mol. The lowest BCUT2D eigenvalue weighted by Crippen LogP contribution is -2.34. The minimum atomic E-state index is -4.64. The molecule has 4 rings (SSSR count). The Morgan fingerprint density at radius 3 is 2.53 bits per heavy atom. The molecular formula is C19H23FN6O10P2. The molecule has 0 saturated carbocycles. The van der Waals surface area contributed by atoms with E-state index in [4.69, 9.17) is 39.0 Å². The zero-order chi connectivity index (χ0) is 28.1. The number of aliphatic carboxylic acids is 1. The van der Waals surface area contributed by atoms with Crippen LogP contribution in [0.4, 0.5) is 10.2 Å². The number of fused-ring (bicyclic) bond motifs is 1. The van der Waals surface area contributed by atoms with Gasteiger partial charge in [0.25, 0.3) is 0 Å². The Balaban J connectivity index is 0.000000732. The number of imidazole rings is 1. The predicted octanol–water partition coefficient (Wildman–Crippen LogP) is 1.50. The lowest BCUT2D eigenvalue weighted by Gasteiger charge is -2.24. The van der Waals surface area contributed by atoms with Crippen LogP contribution in [-0.2, 0) is 23.4 Å². The largest absolute Gasteiger partial charge is 0.480 e. The van der Waals surface area contributed by atoms with Crippen molar-refractivity contribution < 1.29 is 52.1 Å². The molecule has 0 amide bonds. The molecule has 2 unspecified atom stereocenters. The number of nitrogens with zero attached hydrogens (tertiary/aromatic N) is 4. The molecule has 206 valence electrons. The van der Waals surface area contributed by atoms with Gasteiger partial charge in [0.2, 0.25) is 0 Å². The smallest absolute Gasteiger partial charge is 0.466 e. The summed E-state index contributed by atoms with van der Waals surface area (Å²) in [7, 11) is -8.53. The zero-order valence-corrected chi connectivity index (χ0v) is 21.2. The van der Waals surface area contributed by atoms with Crippen LogP contribution in [0, 0.1) is 0 Å². The van der Waals surface area contributed by atoms with Crippen LogP contribution < -0.4 is 15.3 Å². The number of benzene rings is 1. The van der Waals surface area contributed by atoms with Gasteiger partial charge in [0, 0.05) is 6.08 Å². The van der Waals surface area contributed by atoms with E-state index in [-0.39, 0.29) is 22.7 Å². The second kappa shape index (κ2) is 12.1. The number of rotatable bonds is 9. The van der Waals surface area contributed by atoms with Crippen molar-refractivity contribution in [3.8, 4) is 5.75 Å². The number of phosphoric acid groups is 1. The molecule has 19 heteroatoms. The fraction of sp³-hybridized carbons (Fsp3) is 0.263. The summed E-state index contributed by atoms with van der Waals surface area (Å²) < 4.78 is 54.7. The van der Waals surface area contributed by atoms with Gasteiger partial charge >= 0.3 is 21.3 Å². The molecule has 38 heavy (non-hydrogen) atoms. The standard InChI is InChI=1S/C19H20FN6O6P.H3O4P/c1-11(19(27)28)25-33(29,32-12-5-3-2-4-6-12)10-30-14-7-13(20)18(31-14)26-9-24-15-16(21)22-8-23-17(15)26;1-5(2,3)4/h2-9,11,14,18H,10H2,1H3,(H,25,29)(H,27,28)(H2,21,22,23);(H3,1,2,3,4)/t11?,14-,18+,33?;/m0./s1. The van der Waals surface area contributed by atoms with Gasteiger partial charge in [-0.15, -0.1) is 0 Å². The molecule has 16 nitrogen and oxygen atoms in total. The third kappa shape index (κ3) is 8.11. The highest BCUT2D eigenvalue weighted by molar-refractivity contribution is 7.57.